The van der Waals surface area contributed by atoms with Gasteiger partial charge in [0.2, 0.25) is 23.5 Å². The molecule has 2 heterocycles. The maximum atomic E-state index is 12.7. The number of rotatable bonds is 3. The zero-order valence-corrected chi connectivity index (χ0v) is 14.6. The number of nitrogens with zero attached hydrogens (tertiary/aromatic N) is 3. The molecular weight excluding hydrogens is 374 g/mol. The molecule has 124 valence electrons. The van der Waals surface area contributed by atoms with Crippen LogP contribution in [0.25, 0.3) is 11.4 Å². The molecule has 1 saturated heterocycles. The molecule has 2 aromatic rings. The normalized spacial score (nSPS) is 19.6. The van der Waals surface area contributed by atoms with Gasteiger partial charge in [-0.25, -0.2) is 0 Å². The topological polar surface area (TPSA) is 76.3 Å². The summed E-state index contributed by atoms with van der Waals surface area (Å²) in [4.78, 5) is 30.6. The Morgan fingerprint density at radius 2 is 2.04 bits per heavy atom. The summed E-state index contributed by atoms with van der Waals surface area (Å²) in [5.41, 5.74) is 0.343. The monoisotopic (exact) mass is 389 g/mol. The van der Waals surface area contributed by atoms with Crippen molar-refractivity contribution in [2.45, 2.75) is 38.6 Å². The Bertz CT molecular complexity index is 811. The molecule has 2 amide bonds. The molecule has 24 heavy (non-hydrogen) atoms. The number of carbonyl (C=O) groups excluding carboxylic acids is 2. The Kier molecular flexibility index (Phi) is 3.75. The third-order valence-electron chi connectivity index (χ3n) is 4.89. The fraction of sp³-hybridized carbons (Fsp3) is 0.412. The van der Waals surface area contributed by atoms with Gasteiger partial charge in [0.05, 0.1) is 5.41 Å². The number of imide groups is 1. The van der Waals surface area contributed by atoms with Crippen molar-refractivity contribution >= 4 is 27.7 Å². The third kappa shape index (κ3) is 2.56. The number of hydrogen-bond acceptors (Lipinski definition) is 5. The summed E-state index contributed by atoms with van der Waals surface area (Å²) in [5, 5.41) is 3.95. The van der Waals surface area contributed by atoms with E-state index in [1.54, 1.807) is 0 Å². The Balaban J connectivity index is 1.54. The Morgan fingerprint density at radius 1 is 1.25 bits per heavy atom. The van der Waals surface area contributed by atoms with Gasteiger partial charge in [-0.1, -0.05) is 46.1 Å². The number of likely N-dealkylation sites (tertiary alicyclic amines) is 1. The SMILES string of the molecule is O=C1CC2(CCCC2)C(=O)N1Cc1nc(-c2cccc(Br)c2)no1. The smallest absolute Gasteiger partial charge is 0.247 e. The van der Waals surface area contributed by atoms with Crippen LogP contribution in [0.2, 0.25) is 0 Å². The van der Waals surface area contributed by atoms with Gasteiger partial charge in [0.25, 0.3) is 0 Å². The van der Waals surface area contributed by atoms with Gasteiger partial charge in [0.15, 0.2) is 0 Å². The average molecular weight is 390 g/mol. The van der Waals surface area contributed by atoms with Gasteiger partial charge in [-0.15, -0.1) is 0 Å². The Labute approximate surface area is 147 Å². The van der Waals surface area contributed by atoms with Crippen LogP contribution < -0.4 is 0 Å². The van der Waals surface area contributed by atoms with Crippen molar-refractivity contribution in [3.05, 3.63) is 34.6 Å². The van der Waals surface area contributed by atoms with Gasteiger partial charge in [0.1, 0.15) is 6.54 Å². The average Bonchev–Trinajstić information content (AvgIpc) is 3.26. The van der Waals surface area contributed by atoms with Gasteiger partial charge in [-0.2, -0.15) is 4.98 Å². The molecule has 0 atom stereocenters. The van der Waals surface area contributed by atoms with Crippen LogP contribution in [-0.2, 0) is 16.1 Å². The van der Waals surface area contributed by atoms with Crippen LogP contribution in [-0.4, -0.2) is 26.9 Å². The van der Waals surface area contributed by atoms with E-state index in [1.165, 1.54) is 4.90 Å². The van der Waals surface area contributed by atoms with E-state index >= 15 is 0 Å². The summed E-state index contributed by atoms with van der Waals surface area (Å²) in [7, 11) is 0. The molecule has 2 fully saturated rings. The maximum Gasteiger partial charge on any atom is 0.247 e. The van der Waals surface area contributed by atoms with Crippen LogP contribution in [0.3, 0.4) is 0 Å². The molecule has 6 nitrogen and oxygen atoms in total. The molecule has 1 saturated carbocycles. The third-order valence-corrected chi connectivity index (χ3v) is 5.39. The van der Waals surface area contributed by atoms with Crippen LogP contribution in [0.1, 0.15) is 38.0 Å². The molecule has 1 aliphatic heterocycles. The number of amides is 2. The van der Waals surface area contributed by atoms with Gasteiger partial charge in [-0.05, 0) is 25.0 Å². The lowest BCUT2D eigenvalue weighted by molar-refractivity contribution is -0.142. The molecule has 1 aromatic carbocycles. The lowest BCUT2D eigenvalue weighted by Gasteiger charge is -2.19. The van der Waals surface area contributed by atoms with Gasteiger partial charge < -0.3 is 4.52 Å². The zero-order chi connectivity index (χ0) is 16.7. The minimum absolute atomic E-state index is 0.0560. The Morgan fingerprint density at radius 3 is 2.79 bits per heavy atom. The second kappa shape index (κ2) is 5.81. The van der Waals surface area contributed by atoms with Crippen molar-refractivity contribution in [3.8, 4) is 11.4 Å². The van der Waals surface area contributed by atoms with Crippen molar-refractivity contribution in [2.24, 2.45) is 5.41 Å². The molecule has 0 N–H and O–H groups in total. The largest absolute Gasteiger partial charge is 0.337 e. The van der Waals surface area contributed by atoms with Crippen molar-refractivity contribution in [3.63, 3.8) is 0 Å². The zero-order valence-electron chi connectivity index (χ0n) is 13.0. The van der Waals surface area contributed by atoms with Crippen LogP contribution in [0.5, 0.6) is 0 Å². The van der Waals surface area contributed by atoms with E-state index in [1.807, 2.05) is 24.3 Å². The molecular formula is C17H16BrN3O3. The van der Waals surface area contributed by atoms with E-state index in [-0.39, 0.29) is 24.2 Å². The molecule has 7 heteroatoms. The fourth-order valence-corrected chi connectivity index (χ4v) is 4.06. The van der Waals surface area contributed by atoms with Gasteiger partial charge >= 0.3 is 0 Å². The fourth-order valence-electron chi connectivity index (χ4n) is 3.66. The minimum atomic E-state index is -0.468. The van der Waals surface area contributed by atoms with E-state index in [2.05, 4.69) is 26.1 Å². The predicted octanol–water partition coefficient (Wildman–Crippen LogP) is 3.32. The van der Waals surface area contributed by atoms with Crippen molar-refractivity contribution in [1.82, 2.24) is 15.0 Å². The summed E-state index contributed by atoms with van der Waals surface area (Å²) < 4.78 is 6.16. The summed E-state index contributed by atoms with van der Waals surface area (Å²) in [6.07, 6.45) is 3.96. The molecule has 1 spiro atoms. The molecule has 1 aromatic heterocycles. The molecule has 1 aliphatic carbocycles. The van der Waals surface area contributed by atoms with Gasteiger partial charge in [0, 0.05) is 16.5 Å². The quantitative estimate of drug-likeness (QED) is 0.752. The minimum Gasteiger partial charge on any atom is -0.337 e. The second-order valence-electron chi connectivity index (χ2n) is 6.47. The molecule has 0 unspecified atom stereocenters. The van der Waals surface area contributed by atoms with Crippen molar-refractivity contribution < 1.29 is 14.1 Å². The number of hydrogen-bond donors (Lipinski definition) is 0. The molecule has 0 bridgehead atoms. The van der Waals surface area contributed by atoms with E-state index < -0.39 is 5.41 Å². The summed E-state index contributed by atoms with van der Waals surface area (Å²) in [5.74, 6) is 0.513. The number of halogens is 1. The standard InChI is InChI=1S/C17H16BrN3O3/c18-12-5-3-4-11(8-12)15-19-13(24-20-15)10-21-14(22)9-17(16(21)23)6-1-2-7-17/h3-5,8H,1-2,6-7,9-10H2. The van der Waals surface area contributed by atoms with Crippen LogP contribution in [0.4, 0.5) is 0 Å². The number of aromatic nitrogens is 2. The van der Waals surface area contributed by atoms with E-state index in [4.69, 9.17) is 4.52 Å². The highest BCUT2D eigenvalue weighted by Crippen LogP contribution is 2.47. The first kappa shape index (κ1) is 15.5. The number of carbonyl (C=O) groups is 2. The summed E-state index contributed by atoms with van der Waals surface area (Å²) in [6.45, 7) is 0.0560. The first-order valence-electron chi connectivity index (χ1n) is 8.01. The first-order valence-corrected chi connectivity index (χ1v) is 8.80. The highest BCUT2D eigenvalue weighted by atomic mass is 79.9. The summed E-state index contributed by atoms with van der Waals surface area (Å²) in [6, 6.07) is 7.55. The number of benzene rings is 1. The predicted molar refractivity (Wildman–Crippen MR) is 88.5 cm³/mol. The first-order chi connectivity index (χ1) is 11.6. The molecule has 2 aliphatic rings. The second-order valence-corrected chi connectivity index (χ2v) is 7.39. The lowest BCUT2D eigenvalue weighted by Crippen LogP contribution is -2.34. The van der Waals surface area contributed by atoms with Gasteiger partial charge in [-0.3, -0.25) is 14.5 Å². The van der Waals surface area contributed by atoms with E-state index in [0.717, 1.165) is 35.7 Å². The highest BCUT2D eigenvalue weighted by Gasteiger charge is 2.52. The Hall–Kier alpha value is -2.02. The van der Waals surface area contributed by atoms with Crippen molar-refractivity contribution in [2.75, 3.05) is 0 Å². The van der Waals surface area contributed by atoms with Crippen LogP contribution in [0, 0.1) is 5.41 Å². The molecule has 0 radical (unpaired) electrons. The summed E-state index contributed by atoms with van der Waals surface area (Å²) >= 11 is 3.40. The lowest BCUT2D eigenvalue weighted by atomic mass is 9.84. The maximum absolute atomic E-state index is 12.7. The molecule has 4 rings (SSSR count). The van der Waals surface area contributed by atoms with Crippen LogP contribution >= 0.6 is 15.9 Å². The van der Waals surface area contributed by atoms with E-state index in [9.17, 15) is 9.59 Å². The van der Waals surface area contributed by atoms with Crippen LogP contribution in [0.15, 0.2) is 33.3 Å². The van der Waals surface area contributed by atoms with Crippen molar-refractivity contribution in [1.29, 1.82) is 0 Å². The highest BCUT2D eigenvalue weighted by molar-refractivity contribution is 9.10. The van der Waals surface area contributed by atoms with E-state index in [0.29, 0.717) is 12.2 Å².